The van der Waals surface area contributed by atoms with Crippen molar-refractivity contribution in [2.24, 2.45) is 5.92 Å². The molecule has 0 radical (unpaired) electrons. The molecule has 1 N–H and O–H groups in total. The van der Waals surface area contributed by atoms with E-state index in [1.54, 1.807) is 7.11 Å². The van der Waals surface area contributed by atoms with Gasteiger partial charge in [0.25, 0.3) is 0 Å². The Bertz CT molecular complexity index is 431. The Hall–Kier alpha value is -1.55. The molecule has 0 bridgehead atoms. The first-order chi connectivity index (χ1) is 9.49. The van der Waals surface area contributed by atoms with Gasteiger partial charge in [0.2, 0.25) is 0 Å². The average molecular weight is 279 g/mol. The van der Waals surface area contributed by atoms with Crippen molar-refractivity contribution in [1.29, 1.82) is 0 Å². The van der Waals surface area contributed by atoms with Gasteiger partial charge in [0.1, 0.15) is 11.8 Å². The lowest BCUT2D eigenvalue weighted by Gasteiger charge is -2.24. The van der Waals surface area contributed by atoms with E-state index in [0.29, 0.717) is 0 Å². The summed E-state index contributed by atoms with van der Waals surface area (Å²) >= 11 is 0. The maximum atomic E-state index is 11.8. The van der Waals surface area contributed by atoms with Crippen molar-refractivity contribution in [2.75, 3.05) is 14.2 Å². The Kier molecular flexibility index (Phi) is 6.52. The van der Waals surface area contributed by atoms with Gasteiger partial charge in [0, 0.05) is 6.04 Å². The molecule has 4 nitrogen and oxygen atoms in total. The van der Waals surface area contributed by atoms with Gasteiger partial charge in [-0.3, -0.25) is 4.79 Å². The molecule has 0 aliphatic rings. The zero-order chi connectivity index (χ0) is 15.1. The first kappa shape index (κ1) is 16.5. The molecule has 1 aromatic rings. The number of ether oxygens (including phenoxy) is 2. The molecular formula is C16H25NO3. The molecule has 0 amide bonds. The summed E-state index contributed by atoms with van der Waals surface area (Å²) in [7, 11) is 3.09. The van der Waals surface area contributed by atoms with E-state index < -0.39 is 0 Å². The first-order valence-electron chi connectivity index (χ1n) is 6.95. The number of carbonyl (C=O) groups is 1. The molecule has 1 rings (SSSR count). The van der Waals surface area contributed by atoms with Crippen LogP contribution < -0.4 is 10.1 Å². The number of esters is 1. The molecule has 0 aliphatic carbocycles. The van der Waals surface area contributed by atoms with Crippen LogP contribution in [0.1, 0.15) is 26.3 Å². The van der Waals surface area contributed by atoms with Crippen LogP contribution in [0.3, 0.4) is 0 Å². The van der Waals surface area contributed by atoms with Crippen LogP contribution >= 0.6 is 0 Å². The van der Waals surface area contributed by atoms with E-state index in [1.807, 2.05) is 38.1 Å². The third kappa shape index (κ3) is 4.53. The summed E-state index contributed by atoms with van der Waals surface area (Å²) in [5, 5.41) is 3.34. The largest absolute Gasteiger partial charge is 0.496 e. The summed E-state index contributed by atoms with van der Waals surface area (Å²) < 4.78 is 10.2. The molecule has 2 atom stereocenters. The molecule has 0 saturated carbocycles. The summed E-state index contributed by atoms with van der Waals surface area (Å²) in [4.78, 5) is 11.8. The van der Waals surface area contributed by atoms with Crippen LogP contribution in [-0.4, -0.2) is 32.3 Å². The Labute approximate surface area is 121 Å². The number of hydrogen-bond donors (Lipinski definition) is 1. The van der Waals surface area contributed by atoms with Crippen LogP contribution in [0.5, 0.6) is 5.75 Å². The van der Waals surface area contributed by atoms with E-state index in [9.17, 15) is 4.79 Å². The fourth-order valence-electron chi connectivity index (χ4n) is 2.23. The highest BCUT2D eigenvalue weighted by Crippen LogP contribution is 2.19. The highest BCUT2D eigenvalue weighted by atomic mass is 16.5. The van der Waals surface area contributed by atoms with Crippen LogP contribution in [0.4, 0.5) is 0 Å². The van der Waals surface area contributed by atoms with Crippen LogP contribution in [0.15, 0.2) is 24.3 Å². The number of para-hydroxylation sites is 1. The van der Waals surface area contributed by atoms with E-state index in [2.05, 4.69) is 12.2 Å². The second-order valence-electron chi connectivity index (χ2n) is 5.33. The van der Waals surface area contributed by atoms with Crippen molar-refractivity contribution in [3.8, 4) is 5.75 Å². The summed E-state index contributed by atoms with van der Waals surface area (Å²) in [5.41, 5.74) is 1.13. The van der Waals surface area contributed by atoms with Gasteiger partial charge in [-0.05, 0) is 30.9 Å². The van der Waals surface area contributed by atoms with Gasteiger partial charge >= 0.3 is 5.97 Å². The van der Waals surface area contributed by atoms with E-state index in [1.165, 1.54) is 7.11 Å². The number of benzene rings is 1. The van der Waals surface area contributed by atoms with Gasteiger partial charge in [-0.15, -0.1) is 0 Å². The monoisotopic (exact) mass is 279 g/mol. The zero-order valence-electron chi connectivity index (χ0n) is 13.0. The molecule has 20 heavy (non-hydrogen) atoms. The van der Waals surface area contributed by atoms with Crippen molar-refractivity contribution in [3.63, 3.8) is 0 Å². The van der Waals surface area contributed by atoms with Gasteiger partial charge < -0.3 is 14.8 Å². The van der Waals surface area contributed by atoms with Crippen LogP contribution in [0.2, 0.25) is 0 Å². The Morgan fingerprint density at radius 1 is 1.20 bits per heavy atom. The van der Waals surface area contributed by atoms with Gasteiger partial charge in [0.15, 0.2) is 0 Å². The lowest BCUT2D eigenvalue weighted by atomic mass is 10.0. The fourth-order valence-corrected chi connectivity index (χ4v) is 2.23. The molecule has 0 aromatic heterocycles. The van der Waals surface area contributed by atoms with E-state index in [-0.39, 0.29) is 24.0 Å². The Morgan fingerprint density at radius 2 is 1.85 bits per heavy atom. The van der Waals surface area contributed by atoms with E-state index >= 15 is 0 Å². The molecule has 4 heteroatoms. The molecule has 0 aliphatic heterocycles. The molecule has 0 saturated heterocycles. The minimum absolute atomic E-state index is 0.151. The standard InChI is InChI=1S/C16H25NO3/c1-11(2)15(16(18)20-5)17-12(3)10-13-8-6-7-9-14(13)19-4/h6-9,11-12,15,17H,10H2,1-5H3. The minimum Gasteiger partial charge on any atom is -0.496 e. The van der Waals surface area contributed by atoms with Gasteiger partial charge in [-0.2, -0.15) is 0 Å². The lowest BCUT2D eigenvalue weighted by Crippen LogP contribution is -2.46. The Morgan fingerprint density at radius 3 is 2.40 bits per heavy atom. The van der Waals surface area contributed by atoms with Crippen LogP contribution in [-0.2, 0) is 16.0 Å². The van der Waals surface area contributed by atoms with Crippen LogP contribution in [0, 0.1) is 5.92 Å². The predicted molar refractivity (Wildman–Crippen MR) is 79.9 cm³/mol. The van der Waals surface area contributed by atoms with Crippen molar-refractivity contribution in [1.82, 2.24) is 5.32 Å². The molecule has 1 aromatic carbocycles. The summed E-state index contributed by atoms with van der Waals surface area (Å²) in [6.45, 7) is 6.07. The van der Waals surface area contributed by atoms with Crippen molar-refractivity contribution in [3.05, 3.63) is 29.8 Å². The number of hydrogen-bond acceptors (Lipinski definition) is 4. The number of nitrogens with one attached hydrogen (secondary N) is 1. The third-order valence-electron chi connectivity index (χ3n) is 3.30. The summed E-state index contributed by atoms with van der Waals surface area (Å²) in [6, 6.07) is 7.79. The Balaban J connectivity index is 2.70. The predicted octanol–water partition coefficient (Wildman–Crippen LogP) is 2.41. The molecule has 112 valence electrons. The normalized spacial score (nSPS) is 13.9. The van der Waals surface area contributed by atoms with Crippen molar-refractivity contribution in [2.45, 2.75) is 39.3 Å². The fraction of sp³-hybridized carbons (Fsp3) is 0.562. The topological polar surface area (TPSA) is 47.6 Å². The van der Waals surface area contributed by atoms with E-state index in [0.717, 1.165) is 17.7 Å². The van der Waals surface area contributed by atoms with Gasteiger partial charge in [0.05, 0.1) is 14.2 Å². The number of rotatable bonds is 7. The SMILES string of the molecule is COC(=O)C(NC(C)Cc1ccccc1OC)C(C)C. The minimum atomic E-state index is -0.287. The average Bonchev–Trinajstić information content (AvgIpc) is 2.44. The molecule has 2 unspecified atom stereocenters. The van der Waals surface area contributed by atoms with Gasteiger partial charge in [-0.1, -0.05) is 32.0 Å². The summed E-state index contributed by atoms with van der Waals surface area (Å²) in [5.74, 6) is 0.842. The van der Waals surface area contributed by atoms with Crippen molar-refractivity contribution < 1.29 is 14.3 Å². The zero-order valence-corrected chi connectivity index (χ0v) is 13.0. The van der Waals surface area contributed by atoms with Gasteiger partial charge in [-0.25, -0.2) is 0 Å². The summed E-state index contributed by atoms with van der Waals surface area (Å²) in [6.07, 6.45) is 0.796. The maximum Gasteiger partial charge on any atom is 0.323 e. The second-order valence-corrected chi connectivity index (χ2v) is 5.33. The number of carbonyl (C=O) groups excluding carboxylic acids is 1. The van der Waals surface area contributed by atoms with Crippen LogP contribution in [0.25, 0.3) is 0 Å². The molecular weight excluding hydrogens is 254 g/mol. The number of methoxy groups -OCH3 is 2. The van der Waals surface area contributed by atoms with E-state index in [4.69, 9.17) is 9.47 Å². The highest BCUT2D eigenvalue weighted by molar-refractivity contribution is 5.75. The quantitative estimate of drug-likeness (QED) is 0.779. The second kappa shape index (κ2) is 7.90. The van der Waals surface area contributed by atoms with Crippen molar-refractivity contribution >= 4 is 5.97 Å². The maximum absolute atomic E-state index is 11.8. The smallest absolute Gasteiger partial charge is 0.323 e. The first-order valence-corrected chi connectivity index (χ1v) is 6.95. The molecule has 0 heterocycles. The molecule has 0 spiro atoms. The lowest BCUT2D eigenvalue weighted by molar-refractivity contribution is -0.144. The third-order valence-corrected chi connectivity index (χ3v) is 3.30. The molecule has 0 fully saturated rings. The highest BCUT2D eigenvalue weighted by Gasteiger charge is 2.24.